The van der Waals surface area contributed by atoms with Crippen molar-refractivity contribution >= 4 is 11.9 Å². The van der Waals surface area contributed by atoms with Crippen LogP contribution >= 0.6 is 0 Å². The predicted molar refractivity (Wildman–Crippen MR) is 62.2 cm³/mol. The molecule has 0 amide bonds. The van der Waals surface area contributed by atoms with Gasteiger partial charge in [0, 0.05) is 0 Å². The smallest absolute Gasteiger partial charge is 0.335 e. The first-order valence-electron chi connectivity index (χ1n) is 5.23. The van der Waals surface area contributed by atoms with Gasteiger partial charge in [0.05, 0.1) is 12.1 Å². The molecule has 0 fully saturated rings. The van der Waals surface area contributed by atoms with E-state index in [4.69, 9.17) is 15.6 Å². The Kier molecular flexibility index (Phi) is 4.23. The number of nitrogens with two attached hydrogens (primary N) is 1. The highest BCUT2D eigenvalue weighted by atomic mass is 16.5. The molecule has 1 rings (SSSR count). The van der Waals surface area contributed by atoms with E-state index in [-0.39, 0.29) is 18.0 Å². The monoisotopic (exact) mass is 237 g/mol. The van der Waals surface area contributed by atoms with Crippen molar-refractivity contribution in [2.45, 2.75) is 19.8 Å². The van der Waals surface area contributed by atoms with Crippen molar-refractivity contribution in [1.82, 2.24) is 0 Å². The maximum Gasteiger partial charge on any atom is 0.335 e. The predicted octanol–water partition coefficient (Wildman–Crippen LogP) is 1.37. The third-order valence-electron chi connectivity index (χ3n) is 2.27. The average Bonchev–Trinajstić information content (AvgIpc) is 2.28. The van der Waals surface area contributed by atoms with Crippen molar-refractivity contribution in [1.29, 1.82) is 0 Å². The fraction of sp³-hybridized carbons (Fsp3) is 0.333. The molecule has 0 aliphatic heterocycles. The maximum atomic E-state index is 11.1. The molecule has 0 heterocycles. The summed E-state index contributed by atoms with van der Waals surface area (Å²) in [4.78, 5) is 21.9. The third-order valence-corrected chi connectivity index (χ3v) is 2.27. The number of carbonyl (C=O) groups excluding carboxylic acids is 1. The van der Waals surface area contributed by atoms with Crippen molar-refractivity contribution in [2.24, 2.45) is 5.73 Å². The molecule has 3 N–H and O–H groups in total. The number of carboxylic acid groups (broad SMARTS) is 1. The Morgan fingerprint density at radius 2 is 2.06 bits per heavy atom. The molecule has 1 aromatic rings. The summed E-state index contributed by atoms with van der Waals surface area (Å²) in [5.74, 6) is -1.14. The minimum Gasteiger partial charge on any atom is -0.478 e. The summed E-state index contributed by atoms with van der Waals surface area (Å²) in [6, 6.07) is 4.38. The van der Waals surface area contributed by atoms with Crippen LogP contribution in [0, 0.1) is 0 Å². The molecule has 17 heavy (non-hydrogen) atoms. The molecule has 0 aliphatic rings. The second kappa shape index (κ2) is 5.45. The molecule has 0 unspecified atom stereocenters. The summed E-state index contributed by atoms with van der Waals surface area (Å²) in [6.07, 6.45) is 0. The molecule has 92 valence electrons. The maximum absolute atomic E-state index is 11.1. The van der Waals surface area contributed by atoms with Gasteiger partial charge in [-0.1, -0.05) is 13.8 Å². The van der Waals surface area contributed by atoms with Gasteiger partial charge in [0.1, 0.15) is 5.75 Å². The lowest BCUT2D eigenvalue weighted by Gasteiger charge is -2.13. The highest BCUT2D eigenvalue weighted by Gasteiger charge is 2.14. The average molecular weight is 237 g/mol. The molecule has 0 bridgehead atoms. The lowest BCUT2D eigenvalue weighted by Crippen LogP contribution is -2.20. The minimum absolute atomic E-state index is 0.0508. The summed E-state index contributed by atoms with van der Waals surface area (Å²) >= 11 is 0. The lowest BCUT2D eigenvalue weighted by molar-refractivity contribution is -0.132. The Morgan fingerprint density at radius 3 is 2.53 bits per heavy atom. The second-order valence-electron chi connectivity index (χ2n) is 3.89. The summed E-state index contributed by atoms with van der Waals surface area (Å²) in [7, 11) is 0. The van der Waals surface area contributed by atoms with Gasteiger partial charge in [-0.15, -0.1) is 0 Å². The zero-order valence-corrected chi connectivity index (χ0v) is 9.77. The van der Waals surface area contributed by atoms with Gasteiger partial charge < -0.3 is 15.6 Å². The fourth-order valence-corrected chi connectivity index (χ4v) is 1.39. The van der Waals surface area contributed by atoms with E-state index in [1.54, 1.807) is 0 Å². The van der Waals surface area contributed by atoms with Gasteiger partial charge in [-0.3, -0.25) is 4.79 Å². The number of hydrogen-bond donors (Lipinski definition) is 2. The van der Waals surface area contributed by atoms with E-state index < -0.39 is 11.9 Å². The van der Waals surface area contributed by atoms with Crippen LogP contribution in [0.1, 0.15) is 35.7 Å². The highest BCUT2D eigenvalue weighted by Crippen LogP contribution is 2.27. The quantitative estimate of drug-likeness (QED) is 0.609. The summed E-state index contributed by atoms with van der Waals surface area (Å²) < 4.78 is 5.03. The van der Waals surface area contributed by atoms with Crippen LogP contribution in [0.25, 0.3) is 0 Å². The van der Waals surface area contributed by atoms with Crippen LogP contribution in [0.2, 0.25) is 0 Å². The van der Waals surface area contributed by atoms with Gasteiger partial charge in [0.2, 0.25) is 0 Å². The number of aromatic carboxylic acids is 1. The highest BCUT2D eigenvalue weighted by molar-refractivity contribution is 5.88. The molecule has 0 saturated carbocycles. The van der Waals surface area contributed by atoms with Crippen LogP contribution in [0.3, 0.4) is 0 Å². The molecular weight excluding hydrogens is 222 g/mol. The van der Waals surface area contributed by atoms with Crippen LogP contribution in [0.5, 0.6) is 5.75 Å². The molecule has 5 heteroatoms. The van der Waals surface area contributed by atoms with Gasteiger partial charge in [-0.25, -0.2) is 4.79 Å². The van der Waals surface area contributed by atoms with Crippen LogP contribution < -0.4 is 10.5 Å². The molecule has 0 atom stereocenters. The van der Waals surface area contributed by atoms with Crippen LogP contribution in [0.15, 0.2) is 18.2 Å². The first-order chi connectivity index (χ1) is 7.95. The molecule has 0 aromatic heterocycles. The Bertz CT molecular complexity index is 440. The number of benzene rings is 1. The zero-order chi connectivity index (χ0) is 13.0. The first-order valence-corrected chi connectivity index (χ1v) is 5.23. The van der Waals surface area contributed by atoms with E-state index in [1.165, 1.54) is 18.2 Å². The second-order valence-corrected chi connectivity index (χ2v) is 3.89. The minimum atomic E-state index is -1.01. The fourth-order valence-electron chi connectivity index (χ4n) is 1.39. The number of carboxylic acids is 1. The van der Waals surface area contributed by atoms with E-state index in [0.29, 0.717) is 11.3 Å². The Labute approximate surface area is 99.2 Å². The van der Waals surface area contributed by atoms with Crippen LogP contribution in [-0.4, -0.2) is 23.6 Å². The van der Waals surface area contributed by atoms with Gasteiger partial charge in [-0.2, -0.15) is 0 Å². The number of rotatable bonds is 4. The van der Waals surface area contributed by atoms with E-state index in [1.807, 2.05) is 13.8 Å². The summed E-state index contributed by atoms with van der Waals surface area (Å²) in [6.45, 7) is 3.57. The van der Waals surface area contributed by atoms with E-state index in [9.17, 15) is 9.59 Å². The SMILES string of the molecule is CC(C)c1cc(C(=O)O)ccc1OC(=O)CN. The van der Waals surface area contributed by atoms with Crippen molar-refractivity contribution in [3.63, 3.8) is 0 Å². The molecule has 0 aliphatic carbocycles. The Hall–Kier alpha value is -1.88. The molecular formula is C12H15NO4. The standard InChI is InChI=1S/C12H15NO4/c1-7(2)9-5-8(12(15)16)3-4-10(9)17-11(14)6-13/h3-5,7H,6,13H2,1-2H3,(H,15,16). The van der Waals surface area contributed by atoms with E-state index in [0.717, 1.165) is 0 Å². The number of esters is 1. The lowest BCUT2D eigenvalue weighted by atomic mass is 9.99. The summed E-state index contributed by atoms with van der Waals surface area (Å²) in [5, 5.41) is 8.88. The van der Waals surface area contributed by atoms with Crippen LogP contribution in [0.4, 0.5) is 0 Å². The molecule has 1 aromatic carbocycles. The van der Waals surface area contributed by atoms with Gasteiger partial charge >= 0.3 is 11.9 Å². The van der Waals surface area contributed by atoms with Crippen molar-refractivity contribution in [3.8, 4) is 5.75 Å². The van der Waals surface area contributed by atoms with Crippen LogP contribution in [-0.2, 0) is 4.79 Å². The Morgan fingerprint density at radius 1 is 1.41 bits per heavy atom. The number of hydrogen-bond acceptors (Lipinski definition) is 4. The molecule has 0 radical (unpaired) electrons. The third kappa shape index (κ3) is 3.29. The number of ether oxygens (including phenoxy) is 1. The number of carbonyl (C=O) groups is 2. The largest absolute Gasteiger partial charge is 0.478 e. The van der Waals surface area contributed by atoms with Crippen molar-refractivity contribution in [2.75, 3.05) is 6.54 Å². The normalized spacial score (nSPS) is 10.4. The van der Waals surface area contributed by atoms with Gasteiger partial charge in [0.25, 0.3) is 0 Å². The van der Waals surface area contributed by atoms with Gasteiger partial charge in [0.15, 0.2) is 0 Å². The van der Waals surface area contributed by atoms with Crippen molar-refractivity contribution < 1.29 is 19.4 Å². The van der Waals surface area contributed by atoms with E-state index in [2.05, 4.69) is 0 Å². The zero-order valence-electron chi connectivity index (χ0n) is 9.77. The molecule has 0 spiro atoms. The van der Waals surface area contributed by atoms with Gasteiger partial charge in [-0.05, 0) is 29.7 Å². The van der Waals surface area contributed by atoms with E-state index >= 15 is 0 Å². The first kappa shape index (κ1) is 13.2. The Balaban J connectivity index is 3.13. The molecule has 0 saturated heterocycles. The summed E-state index contributed by atoms with van der Waals surface area (Å²) in [5.41, 5.74) is 6.00. The van der Waals surface area contributed by atoms with Crippen molar-refractivity contribution in [3.05, 3.63) is 29.3 Å². The molecule has 5 nitrogen and oxygen atoms in total. The topological polar surface area (TPSA) is 89.6 Å².